The zero-order valence-electron chi connectivity index (χ0n) is 17.1. The van der Waals surface area contributed by atoms with Crippen molar-refractivity contribution in [2.24, 2.45) is 0 Å². The van der Waals surface area contributed by atoms with E-state index >= 15 is 0 Å². The second-order valence-electron chi connectivity index (χ2n) is 7.43. The minimum Gasteiger partial charge on any atom is -0.465 e. The average molecular weight is 362 g/mol. The van der Waals surface area contributed by atoms with Crippen molar-refractivity contribution in [1.82, 2.24) is 0 Å². The molecule has 2 rings (SSSR count). The number of likely N-dealkylation sites (N-methyl/N-ethyl adjacent to an activating group) is 1. The van der Waals surface area contributed by atoms with Gasteiger partial charge in [0.2, 0.25) is 0 Å². The van der Waals surface area contributed by atoms with E-state index in [0.29, 0.717) is 11.3 Å². The maximum atomic E-state index is 13.5. The predicted octanol–water partition coefficient (Wildman–Crippen LogP) is 3.83. The molecule has 0 unspecified atom stereocenters. The van der Waals surface area contributed by atoms with Gasteiger partial charge in [-0.25, -0.2) is 4.79 Å². The number of carbonyl (C=O) groups is 2. The van der Waals surface area contributed by atoms with Crippen molar-refractivity contribution in [3.05, 3.63) is 28.8 Å². The van der Waals surface area contributed by atoms with Gasteiger partial charge in [0.05, 0.1) is 38.0 Å². The van der Waals surface area contributed by atoms with Crippen molar-refractivity contribution >= 4 is 17.6 Å². The smallest absolute Gasteiger partial charge is 0.339 e. The highest BCUT2D eigenvalue weighted by atomic mass is 16.5. The molecule has 1 aromatic rings. The standard InChI is InChI=1S/C21H32N2O3/c1-7-23(8-2,9-3)21(11-10-12-21)20(25)22-18-16(5)13-15(4)14-17(18)19(24)26-6/h13-14H,7-12H2,1-6H3/p+1. The van der Waals surface area contributed by atoms with Gasteiger partial charge in [-0.2, -0.15) is 0 Å². The Hall–Kier alpha value is -1.88. The van der Waals surface area contributed by atoms with Gasteiger partial charge in [-0.05, 0) is 58.2 Å². The van der Waals surface area contributed by atoms with Gasteiger partial charge in [0, 0.05) is 12.8 Å². The molecule has 1 aromatic carbocycles. The Kier molecular flexibility index (Phi) is 6.12. The van der Waals surface area contributed by atoms with Crippen LogP contribution in [0.2, 0.25) is 0 Å². The molecule has 0 bridgehead atoms. The normalized spacial score (nSPS) is 15.9. The predicted molar refractivity (Wildman–Crippen MR) is 104 cm³/mol. The molecule has 0 atom stereocenters. The van der Waals surface area contributed by atoms with Crippen molar-refractivity contribution < 1.29 is 18.8 Å². The van der Waals surface area contributed by atoms with Gasteiger partial charge in [-0.3, -0.25) is 4.79 Å². The minimum absolute atomic E-state index is 0.0337. The van der Waals surface area contributed by atoms with E-state index < -0.39 is 11.5 Å². The molecule has 1 amide bonds. The molecule has 1 aliphatic carbocycles. The summed E-state index contributed by atoms with van der Waals surface area (Å²) in [5.41, 5.74) is 2.47. The summed E-state index contributed by atoms with van der Waals surface area (Å²) in [7, 11) is 1.37. The van der Waals surface area contributed by atoms with E-state index in [4.69, 9.17) is 4.74 Å². The van der Waals surface area contributed by atoms with Gasteiger partial charge >= 0.3 is 5.97 Å². The summed E-state index contributed by atoms with van der Waals surface area (Å²) < 4.78 is 5.72. The Morgan fingerprint density at radius 3 is 2.12 bits per heavy atom. The number of methoxy groups -OCH3 is 1. The third-order valence-electron chi connectivity index (χ3n) is 6.45. The van der Waals surface area contributed by atoms with Crippen molar-refractivity contribution in [1.29, 1.82) is 0 Å². The fourth-order valence-corrected chi connectivity index (χ4v) is 4.64. The Morgan fingerprint density at radius 1 is 1.12 bits per heavy atom. The van der Waals surface area contributed by atoms with Gasteiger partial charge in [-0.1, -0.05) is 6.07 Å². The van der Waals surface area contributed by atoms with Crippen molar-refractivity contribution in [3.63, 3.8) is 0 Å². The molecule has 0 aromatic heterocycles. The van der Waals surface area contributed by atoms with E-state index in [1.54, 1.807) is 6.07 Å². The summed E-state index contributed by atoms with van der Waals surface area (Å²) in [6.07, 6.45) is 2.86. The second kappa shape index (κ2) is 7.78. The van der Waals surface area contributed by atoms with Crippen LogP contribution in [0.4, 0.5) is 5.69 Å². The summed E-state index contributed by atoms with van der Waals surface area (Å²) in [4.78, 5) is 25.7. The number of ether oxygens (including phenoxy) is 1. The monoisotopic (exact) mass is 361 g/mol. The maximum Gasteiger partial charge on any atom is 0.339 e. The number of hydrogen-bond donors (Lipinski definition) is 1. The van der Waals surface area contributed by atoms with Gasteiger partial charge in [0.1, 0.15) is 0 Å². The third kappa shape index (κ3) is 3.13. The third-order valence-corrected chi connectivity index (χ3v) is 6.45. The molecule has 5 nitrogen and oxygen atoms in total. The molecule has 0 saturated heterocycles. The van der Waals surface area contributed by atoms with Crippen LogP contribution in [0.25, 0.3) is 0 Å². The van der Waals surface area contributed by atoms with Crippen LogP contribution in [-0.4, -0.2) is 48.6 Å². The SMILES string of the molecule is CC[N+](CC)(CC)C1(C(=O)Nc2c(C)cc(C)cc2C(=O)OC)CCC1. The Labute approximate surface area is 157 Å². The van der Waals surface area contributed by atoms with Gasteiger partial charge in [0.15, 0.2) is 5.54 Å². The number of rotatable bonds is 7. The molecule has 1 saturated carbocycles. The second-order valence-corrected chi connectivity index (χ2v) is 7.43. The molecule has 1 N–H and O–H groups in total. The number of benzene rings is 1. The Morgan fingerprint density at radius 2 is 1.69 bits per heavy atom. The molecule has 1 aliphatic rings. The van der Waals surface area contributed by atoms with E-state index in [9.17, 15) is 9.59 Å². The number of anilines is 1. The average Bonchev–Trinajstić information content (AvgIpc) is 2.59. The first kappa shape index (κ1) is 20.4. The quantitative estimate of drug-likeness (QED) is 0.593. The largest absolute Gasteiger partial charge is 0.465 e. The number of aryl methyl sites for hydroxylation is 2. The van der Waals surface area contributed by atoms with Crippen molar-refractivity contribution in [2.45, 2.75) is 59.4 Å². The van der Waals surface area contributed by atoms with Crippen LogP contribution < -0.4 is 5.32 Å². The Balaban J connectivity index is 2.45. The molecule has 144 valence electrons. The van der Waals surface area contributed by atoms with Crippen LogP contribution in [0.5, 0.6) is 0 Å². The molecule has 0 spiro atoms. The summed E-state index contributed by atoms with van der Waals surface area (Å²) in [5, 5.41) is 3.12. The van der Waals surface area contributed by atoms with Crippen LogP contribution >= 0.6 is 0 Å². The number of hydrogen-bond acceptors (Lipinski definition) is 3. The molecule has 0 heterocycles. The first-order valence-corrected chi connectivity index (χ1v) is 9.68. The Bertz CT molecular complexity index is 680. The maximum absolute atomic E-state index is 13.5. The number of esters is 1. The summed E-state index contributed by atoms with van der Waals surface area (Å²) >= 11 is 0. The zero-order valence-corrected chi connectivity index (χ0v) is 17.1. The van der Waals surface area contributed by atoms with Crippen LogP contribution in [-0.2, 0) is 9.53 Å². The highest BCUT2D eigenvalue weighted by molar-refractivity contribution is 6.05. The zero-order chi connectivity index (χ0) is 19.5. The summed E-state index contributed by atoms with van der Waals surface area (Å²) in [6.45, 7) is 13.1. The van der Waals surface area contributed by atoms with E-state index in [1.165, 1.54) is 7.11 Å². The van der Waals surface area contributed by atoms with Crippen LogP contribution in [0.3, 0.4) is 0 Å². The summed E-state index contributed by atoms with van der Waals surface area (Å²) in [5.74, 6) is -0.386. The number of nitrogens with zero attached hydrogens (tertiary/aromatic N) is 1. The van der Waals surface area contributed by atoms with Crippen LogP contribution in [0.1, 0.15) is 61.5 Å². The molecule has 0 radical (unpaired) electrons. The topological polar surface area (TPSA) is 55.4 Å². The molecule has 1 fully saturated rings. The van der Waals surface area contributed by atoms with E-state index in [0.717, 1.165) is 54.5 Å². The van der Waals surface area contributed by atoms with Crippen LogP contribution in [0.15, 0.2) is 12.1 Å². The fraction of sp³-hybridized carbons (Fsp3) is 0.619. The van der Waals surface area contributed by atoms with Gasteiger partial charge < -0.3 is 14.5 Å². The van der Waals surface area contributed by atoms with Gasteiger partial charge in [-0.15, -0.1) is 0 Å². The lowest BCUT2D eigenvalue weighted by Crippen LogP contribution is -2.72. The van der Waals surface area contributed by atoms with E-state index in [2.05, 4.69) is 26.1 Å². The van der Waals surface area contributed by atoms with Crippen molar-refractivity contribution in [3.8, 4) is 0 Å². The lowest BCUT2D eigenvalue weighted by Gasteiger charge is -2.55. The number of nitrogens with one attached hydrogen (secondary N) is 1. The van der Waals surface area contributed by atoms with E-state index in [1.807, 2.05) is 19.9 Å². The van der Waals surface area contributed by atoms with Crippen LogP contribution in [0, 0.1) is 13.8 Å². The molecule has 26 heavy (non-hydrogen) atoms. The number of carbonyl (C=O) groups excluding carboxylic acids is 2. The highest BCUT2D eigenvalue weighted by Crippen LogP contribution is 2.44. The lowest BCUT2D eigenvalue weighted by atomic mass is 9.72. The van der Waals surface area contributed by atoms with Gasteiger partial charge in [0.25, 0.3) is 5.91 Å². The first-order valence-electron chi connectivity index (χ1n) is 9.68. The first-order chi connectivity index (χ1) is 12.3. The van der Waals surface area contributed by atoms with Crippen molar-refractivity contribution in [2.75, 3.05) is 32.1 Å². The fourth-order valence-electron chi connectivity index (χ4n) is 4.64. The molecular weight excluding hydrogens is 328 g/mol. The minimum atomic E-state index is -0.419. The number of quaternary nitrogens is 1. The molecular formula is C21H33N2O3+. The number of amides is 1. The highest BCUT2D eigenvalue weighted by Gasteiger charge is 2.58. The van der Waals surface area contributed by atoms with E-state index in [-0.39, 0.29) is 5.91 Å². The lowest BCUT2D eigenvalue weighted by molar-refractivity contribution is -0.967. The summed E-state index contributed by atoms with van der Waals surface area (Å²) in [6, 6.07) is 3.76. The molecule has 5 heteroatoms. The molecule has 0 aliphatic heterocycles.